The molecule has 80 valence electrons. The minimum Gasteiger partial charge on any atom is -0.384 e. The molecule has 6 heteroatoms. The molecule has 0 aromatic carbocycles. The molecule has 0 unspecified atom stereocenters. The number of hydrogen-bond acceptors (Lipinski definition) is 4. The van der Waals surface area contributed by atoms with Gasteiger partial charge in [0.25, 0.3) is 0 Å². The zero-order chi connectivity index (χ0) is 11.1. The number of halogens is 1. The molecule has 0 atom stereocenters. The predicted octanol–water partition coefficient (Wildman–Crippen LogP) is 2.80. The highest BCUT2D eigenvalue weighted by molar-refractivity contribution is 9.11. The van der Waals surface area contributed by atoms with E-state index in [1.165, 1.54) is 0 Å². The lowest BCUT2D eigenvalue weighted by atomic mass is 10.3. The van der Waals surface area contributed by atoms with Crippen molar-refractivity contribution in [2.24, 2.45) is 0 Å². The maximum absolute atomic E-state index is 5.90. The van der Waals surface area contributed by atoms with Gasteiger partial charge in [0.05, 0.1) is 20.6 Å². The van der Waals surface area contributed by atoms with Crippen molar-refractivity contribution in [2.45, 2.75) is 0 Å². The number of nitrogen functional groups attached to an aromatic ring is 1. The van der Waals surface area contributed by atoms with Crippen molar-refractivity contribution in [3.8, 4) is 10.6 Å². The summed E-state index contributed by atoms with van der Waals surface area (Å²) in [6, 6.07) is 7.68. The lowest BCUT2D eigenvalue weighted by molar-refractivity contribution is 0.954. The van der Waals surface area contributed by atoms with Crippen LogP contribution in [0.1, 0.15) is 0 Å². The van der Waals surface area contributed by atoms with E-state index in [1.807, 2.05) is 24.3 Å². The Morgan fingerprint density at radius 1 is 1.31 bits per heavy atom. The van der Waals surface area contributed by atoms with Crippen molar-refractivity contribution in [3.63, 3.8) is 0 Å². The van der Waals surface area contributed by atoms with E-state index >= 15 is 0 Å². The SMILES string of the molecule is Nc1cc(-c2ccc(Br)s2)nc2ccnn12. The molecule has 3 aromatic heterocycles. The van der Waals surface area contributed by atoms with E-state index in [2.05, 4.69) is 26.0 Å². The van der Waals surface area contributed by atoms with E-state index < -0.39 is 0 Å². The minimum absolute atomic E-state index is 0.592. The van der Waals surface area contributed by atoms with Crippen LogP contribution in [-0.4, -0.2) is 14.6 Å². The summed E-state index contributed by atoms with van der Waals surface area (Å²) in [7, 11) is 0. The second-order valence-corrected chi connectivity index (χ2v) is 5.73. The van der Waals surface area contributed by atoms with Crippen LogP contribution in [0.15, 0.2) is 34.2 Å². The average Bonchev–Trinajstić information content (AvgIpc) is 2.85. The Bertz CT molecular complexity index is 658. The van der Waals surface area contributed by atoms with E-state index in [0.29, 0.717) is 5.82 Å². The first kappa shape index (κ1) is 9.80. The lowest BCUT2D eigenvalue weighted by Gasteiger charge is -2.01. The molecule has 0 spiro atoms. The number of nitrogens with two attached hydrogens (primary N) is 1. The molecule has 4 nitrogen and oxygen atoms in total. The van der Waals surface area contributed by atoms with Crippen LogP contribution in [0.2, 0.25) is 0 Å². The van der Waals surface area contributed by atoms with E-state index in [0.717, 1.165) is 20.0 Å². The van der Waals surface area contributed by atoms with Gasteiger partial charge in [-0.25, -0.2) is 4.98 Å². The molecule has 0 aliphatic heterocycles. The van der Waals surface area contributed by atoms with Gasteiger partial charge in [0.15, 0.2) is 5.65 Å². The molecular weight excluding hydrogens is 288 g/mol. The van der Waals surface area contributed by atoms with Gasteiger partial charge in [-0.15, -0.1) is 11.3 Å². The molecule has 3 aromatic rings. The van der Waals surface area contributed by atoms with Gasteiger partial charge in [-0.1, -0.05) is 0 Å². The quantitative estimate of drug-likeness (QED) is 0.751. The highest BCUT2D eigenvalue weighted by Gasteiger charge is 2.07. The number of thiophene rings is 1. The largest absolute Gasteiger partial charge is 0.384 e. The summed E-state index contributed by atoms with van der Waals surface area (Å²) in [6.07, 6.45) is 1.69. The second-order valence-electron chi connectivity index (χ2n) is 3.27. The minimum atomic E-state index is 0.592. The Balaban J connectivity index is 2.24. The highest BCUT2D eigenvalue weighted by Crippen LogP contribution is 2.31. The van der Waals surface area contributed by atoms with Crippen molar-refractivity contribution < 1.29 is 0 Å². The molecule has 0 fully saturated rings. The zero-order valence-electron chi connectivity index (χ0n) is 8.09. The molecule has 0 radical (unpaired) electrons. The number of fused-ring (bicyclic) bond motifs is 1. The molecule has 0 saturated carbocycles. The number of anilines is 1. The Morgan fingerprint density at radius 2 is 2.19 bits per heavy atom. The molecule has 0 bridgehead atoms. The summed E-state index contributed by atoms with van der Waals surface area (Å²) in [5.74, 6) is 0.592. The highest BCUT2D eigenvalue weighted by atomic mass is 79.9. The zero-order valence-corrected chi connectivity index (χ0v) is 10.5. The Kier molecular flexibility index (Phi) is 2.19. The van der Waals surface area contributed by atoms with Crippen LogP contribution >= 0.6 is 27.3 Å². The Labute approximate surface area is 104 Å². The molecular formula is C10H7BrN4S. The van der Waals surface area contributed by atoms with Crippen LogP contribution < -0.4 is 5.73 Å². The molecule has 3 rings (SSSR count). The summed E-state index contributed by atoms with van der Waals surface area (Å²) >= 11 is 5.06. The number of aromatic nitrogens is 3. The molecule has 0 aliphatic carbocycles. The summed E-state index contributed by atoms with van der Waals surface area (Å²) in [4.78, 5) is 5.58. The maximum atomic E-state index is 5.90. The van der Waals surface area contributed by atoms with Gasteiger partial charge in [-0.2, -0.15) is 9.61 Å². The van der Waals surface area contributed by atoms with Crippen LogP contribution in [0.25, 0.3) is 16.2 Å². The fraction of sp³-hybridized carbons (Fsp3) is 0. The van der Waals surface area contributed by atoms with E-state index in [1.54, 1.807) is 22.0 Å². The van der Waals surface area contributed by atoms with Gasteiger partial charge < -0.3 is 5.73 Å². The molecule has 0 amide bonds. The molecule has 3 heterocycles. The summed E-state index contributed by atoms with van der Waals surface area (Å²) in [6.45, 7) is 0. The first-order valence-electron chi connectivity index (χ1n) is 4.60. The molecule has 16 heavy (non-hydrogen) atoms. The van der Waals surface area contributed by atoms with Crippen molar-refractivity contribution in [1.82, 2.24) is 14.6 Å². The lowest BCUT2D eigenvalue weighted by Crippen LogP contribution is -2.00. The molecule has 2 N–H and O–H groups in total. The van der Waals surface area contributed by atoms with Crippen molar-refractivity contribution in [1.29, 1.82) is 0 Å². The van der Waals surface area contributed by atoms with E-state index in [-0.39, 0.29) is 0 Å². The van der Waals surface area contributed by atoms with Gasteiger partial charge in [0.1, 0.15) is 5.82 Å². The third kappa shape index (κ3) is 1.50. The van der Waals surface area contributed by atoms with E-state index in [4.69, 9.17) is 5.73 Å². The van der Waals surface area contributed by atoms with Crippen LogP contribution in [-0.2, 0) is 0 Å². The topological polar surface area (TPSA) is 56.2 Å². The maximum Gasteiger partial charge on any atom is 0.158 e. The summed E-state index contributed by atoms with van der Waals surface area (Å²) < 4.78 is 2.70. The van der Waals surface area contributed by atoms with Gasteiger partial charge >= 0.3 is 0 Å². The number of hydrogen-bond donors (Lipinski definition) is 1. The van der Waals surface area contributed by atoms with Gasteiger partial charge in [0.2, 0.25) is 0 Å². The van der Waals surface area contributed by atoms with Crippen LogP contribution in [0.4, 0.5) is 5.82 Å². The smallest absolute Gasteiger partial charge is 0.158 e. The fourth-order valence-electron chi connectivity index (χ4n) is 1.52. The predicted molar refractivity (Wildman–Crippen MR) is 68.4 cm³/mol. The van der Waals surface area contributed by atoms with Gasteiger partial charge in [-0.3, -0.25) is 0 Å². The van der Waals surface area contributed by atoms with Crippen molar-refractivity contribution >= 4 is 38.7 Å². The summed E-state index contributed by atoms with van der Waals surface area (Å²) in [5.41, 5.74) is 7.54. The third-order valence-electron chi connectivity index (χ3n) is 2.21. The van der Waals surface area contributed by atoms with Gasteiger partial charge in [-0.05, 0) is 28.1 Å². The molecule has 0 aliphatic rings. The number of rotatable bonds is 1. The molecule has 0 saturated heterocycles. The fourth-order valence-corrected chi connectivity index (χ4v) is 2.86. The normalized spacial score (nSPS) is 11.1. The van der Waals surface area contributed by atoms with Crippen LogP contribution in [0.3, 0.4) is 0 Å². The van der Waals surface area contributed by atoms with Crippen molar-refractivity contribution in [3.05, 3.63) is 34.2 Å². The monoisotopic (exact) mass is 294 g/mol. The van der Waals surface area contributed by atoms with Gasteiger partial charge in [0, 0.05) is 12.1 Å². The van der Waals surface area contributed by atoms with Crippen molar-refractivity contribution in [2.75, 3.05) is 5.73 Å². The third-order valence-corrected chi connectivity index (χ3v) is 3.86. The van der Waals surface area contributed by atoms with Crippen LogP contribution in [0.5, 0.6) is 0 Å². The Hall–Kier alpha value is -1.40. The Morgan fingerprint density at radius 3 is 2.94 bits per heavy atom. The number of nitrogens with zero attached hydrogens (tertiary/aromatic N) is 3. The van der Waals surface area contributed by atoms with Crippen LogP contribution in [0, 0.1) is 0 Å². The standard InChI is InChI=1S/C10H7BrN4S/c11-8-2-1-7(16-8)6-5-9(12)15-10(14-6)3-4-13-15/h1-5H,12H2. The second kappa shape index (κ2) is 3.57. The average molecular weight is 295 g/mol. The first-order chi connectivity index (χ1) is 7.74. The first-order valence-corrected chi connectivity index (χ1v) is 6.21. The van der Waals surface area contributed by atoms with E-state index in [9.17, 15) is 0 Å². The summed E-state index contributed by atoms with van der Waals surface area (Å²) in [5, 5.41) is 4.08.